The summed E-state index contributed by atoms with van der Waals surface area (Å²) in [6.07, 6.45) is 12.1. The molecule has 43 heavy (non-hydrogen) atoms. The fourth-order valence-corrected chi connectivity index (χ4v) is 12.3. The Kier molecular flexibility index (Phi) is 6.92. The molecule has 0 unspecified atom stereocenters. The van der Waals surface area contributed by atoms with Crippen LogP contribution in [0.5, 0.6) is 0 Å². The minimum absolute atomic E-state index is 0.102. The van der Waals surface area contributed by atoms with Crippen LogP contribution < -0.4 is 0 Å². The molecule has 7 nitrogen and oxygen atoms in total. The minimum atomic E-state index is -0.491. The Labute approximate surface area is 258 Å². The fourth-order valence-electron chi connectivity index (χ4n) is 12.3. The van der Waals surface area contributed by atoms with Crippen molar-refractivity contribution in [2.45, 2.75) is 131 Å². The van der Waals surface area contributed by atoms with Crippen molar-refractivity contribution in [2.24, 2.45) is 50.2 Å². The largest absolute Gasteiger partial charge is 0.465 e. The van der Waals surface area contributed by atoms with Gasteiger partial charge in [0.15, 0.2) is 0 Å². The Balaban J connectivity index is 1.46. The van der Waals surface area contributed by atoms with Crippen molar-refractivity contribution in [3.63, 3.8) is 0 Å². The molecule has 4 saturated carbocycles. The van der Waals surface area contributed by atoms with Gasteiger partial charge in [-0.15, -0.1) is 0 Å². The first kappa shape index (κ1) is 31.1. The number of carbonyl (C=O) groups excluding carboxylic acids is 3. The van der Waals surface area contributed by atoms with Crippen LogP contribution in [0.3, 0.4) is 0 Å². The second-order valence-corrected chi connectivity index (χ2v) is 17.1. The first-order chi connectivity index (χ1) is 19.9. The summed E-state index contributed by atoms with van der Waals surface area (Å²) in [5, 5.41) is 0. The maximum Gasteiger partial charge on any atom is 0.302 e. The van der Waals surface area contributed by atoms with E-state index in [0.29, 0.717) is 12.5 Å². The Morgan fingerprint density at radius 1 is 0.791 bits per heavy atom. The molecule has 5 aliphatic carbocycles. The van der Waals surface area contributed by atoms with Gasteiger partial charge in [-0.3, -0.25) is 14.4 Å². The molecule has 1 heterocycles. The third-order valence-electron chi connectivity index (χ3n) is 14.5. The molecule has 6 rings (SSSR count). The SMILES string of the molecule is CC(=O)OC[C@@]1(C)[C@@H]2CC[C@]3(C)[C@H](C=C[C@]45OC[C@@]6(CCC(C)(C)C[C@H]64)[C@@H](OC(C)=O)C[C@]53C)[C@@]2(C)CC[C@@H]1OC(C)=O. The molecule has 1 spiro atoms. The first-order valence-electron chi connectivity index (χ1n) is 16.7. The standard InChI is InChI=1S/C36H54O7/c1-22(37)40-20-32(7)25-10-14-33(8)26(31(25,6)13-12-28(32)42-23(2)38)11-15-36-27-18-30(4,5)16-17-35(27,21-41-36)29(43-24(3)39)19-34(33,36)9/h11,15,25-29H,10,12-14,16-21H2,1-9H3/t25-,26-,27-,28+,29+,31+,32+,33-,34+,35-,36+/m1/s1. The number of rotatable bonds is 4. The molecule has 0 N–H and O–H groups in total. The van der Waals surface area contributed by atoms with E-state index in [-0.39, 0.29) is 75.6 Å². The highest BCUT2D eigenvalue weighted by Crippen LogP contribution is 2.79. The van der Waals surface area contributed by atoms with Crippen LogP contribution in [0.4, 0.5) is 0 Å². The highest BCUT2D eigenvalue weighted by Gasteiger charge is 2.79. The maximum absolute atomic E-state index is 12.6. The van der Waals surface area contributed by atoms with Gasteiger partial charge in [0, 0.05) is 42.9 Å². The van der Waals surface area contributed by atoms with Gasteiger partial charge in [-0.1, -0.05) is 53.7 Å². The molecule has 0 aromatic carbocycles. The van der Waals surface area contributed by atoms with Crippen LogP contribution in [0, 0.1) is 50.2 Å². The lowest BCUT2D eigenvalue weighted by molar-refractivity contribution is -0.263. The van der Waals surface area contributed by atoms with Crippen LogP contribution >= 0.6 is 0 Å². The van der Waals surface area contributed by atoms with Crippen LogP contribution in [0.15, 0.2) is 12.2 Å². The summed E-state index contributed by atoms with van der Waals surface area (Å²) in [7, 11) is 0. The molecule has 2 bridgehead atoms. The van der Waals surface area contributed by atoms with Gasteiger partial charge in [0.2, 0.25) is 0 Å². The van der Waals surface area contributed by atoms with Crippen molar-refractivity contribution >= 4 is 17.9 Å². The smallest absolute Gasteiger partial charge is 0.302 e. The normalized spacial score (nSPS) is 50.8. The predicted octanol–water partition coefficient (Wildman–Crippen LogP) is 6.81. The van der Waals surface area contributed by atoms with E-state index in [4.69, 9.17) is 18.9 Å². The van der Waals surface area contributed by atoms with Gasteiger partial charge >= 0.3 is 17.9 Å². The van der Waals surface area contributed by atoms with Gasteiger partial charge < -0.3 is 18.9 Å². The van der Waals surface area contributed by atoms with Crippen molar-refractivity contribution in [2.75, 3.05) is 13.2 Å². The first-order valence-corrected chi connectivity index (χ1v) is 16.7. The number of carbonyl (C=O) groups is 3. The van der Waals surface area contributed by atoms with E-state index < -0.39 is 11.0 Å². The Morgan fingerprint density at radius 3 is 2.12 bits per heavy atom. The van der Waals surface area contributed by atoms with E-state index in [1.165, 1.54) is 13.8 Å². The monoisotopic (exact) mass is 598 g/mol. The zero-order valence-corrected chi connectivity index (χ0v) is 28.0. The number of fused-ring (bicyclic) bond motifs is 4. The number of ether oxygens (including phenoxy) is 4. The Hall–Kier alpha value is -1.89. The summed E-state index contributed by atoms with van der Waals surface area (Å²) < 4.78 is 25.1. The van der Waals surface area contributed by atoms with E-state index in [1.807, 2.05) is 0 Å². The van der Waals surface area contributed by atoms with Gasteiger partial charge in [0.25, 0.3) is 0 Å². The molecule has 1 aliphatic heterocycles. The van der Waals surface area contributed by atoms with E-state index in [9.17, 15) is 14.4 Å². The molecule has 11 atom stereocenters. The van der Waals surface area contributed by atoms with Crippen molar-refractivity contribution < 1.29 is 33.3 Å². The number of allylic oxidation sites excluding steroid dienone is 1. The zero-order valence-electron chi connectivity index (χ0n) is 28.0. The van der Waals surface area contributed by atoms with Crippen LogP contribution in [-0.2, 0) is 33.3 Å². The lowest BCUT2D eigenvalue weighted by atomic mass is 9.32. The second-order valence-electron chi connectivity index (χ2n) is 17.1. The number of hydrogen-bond acceptors (Lipinski definition) is 7. The molecule has 5 fully saturated rings. The molecule has 0 aromatic heterocycles. The van der Waals surface area contributed by atoms with Crippen molar-refractivity contribution in [3.05, 3.63) is 12.2 Å². The average Bonchev–Trinajstić information content (AvgIpc) is 3.16. The molecule has 1 saturated heterocycles. The molecule has 7 heteroatoms. The van der Waals surface area contributed by atoms with Crippen molar-refractivity contribution in [1.82, 2.24) is 0 Å². The summed E-state index contributed by atoms with van der Waals surface area (Å²) in [6.45, 7) is 19.7. The highest BCUT2D eigenvalue weighted by molar-refractivity contribution is 5.67. The van der Waals surface area contributed by atoms with Crippen LogP contribution in [-0.4, -0.2) is 48.9 Å². The Bertz CT molecular complexity index is 1240. The lowest BCUT2D eigenvalue weighted by Crippen LogP contribution is -2.73. The number of hydrogen-bond donors (Lipinski definition) is 0. The quantitative estimate of drug-likeness (QED) is 0.199. The summed E-state index contributed by atoms with van der Waals surface area (Å²) in [4.78, 5) is 36.8. The second kappa shape index (κ2) is 9.56. The molecule has 240 valence electrons. The van der Waals surface area contributed by atoms with Crippen LogP contribution in [0.2, 0.25) is 0 Å². The third kappa shape index (κ3) is 4.04. The van der Waals surface area contributed by atoms with Gasteiger partial charge in [-0.25, -0.2) is 0 Å². The van der Waals surface area contributed by atoms with Gasteiger partial charge in [0.05, 0.1) is 12.2 Å². The zero-order chi connectivity index (χ0) is 31.4. The van der Waals surface area contributed by atoms with E-state index in [1.54, 1.807) is 6.92 Å². The molecule has 0 aromatic rings. The summed E-state index contributed by atoms with van der Waals surface area (Å²) >= 11 is 0. The molecular weight excluding hydrogens is 544 g/mol. The maximum atomic E-state index is 12.6. The van der Waals surface area contributed by atoms with E-state index in [2.05, 4.69) is 53.7 Å². The van der Waals surface area contributed by atoms with Gasteiger partial charge in [0.1, 0.15) is 18.8 Å². The van der Waals surface area contributed by atoms with Crippen molar-refractivity contribution in [1.29, 1.82) is 0 Å². The Morgan fingerprint density at radius 2 is 1.47 bits per heavy atom. The average molecular weight is 599 g/mol. The van der Waals surface area contributed by atoms with Crippen LogP contribution in [0.25, 0.3) is 0 Å². The van der Waals surface area contributed by atoms with Gasteiger partial charge in [-0.2, -0.15) is 0 Å². The topological polar surface area (TPSA) is 88.1 Å². The van der Waals surface area contributed by atoms with E-state index >= 15 is 0 Å². The summed E-state index contributed by atoms with van der Waals surface area (Å²) in [5.74, 6) is -0.0523. The highest BCUT2D eigenvalue weighted by atomic mass is 16.6. The summed E-state index contributed by atoms with van der Waals surface area (Å²) in [5.41, 5.74) is -1.28. The summed E-state index contributed by atoms with van der Waals surface area (Å²) in [6, 6.07) is 0. The molecular formula is C36H54O7. The molecule has 6 aliphatic rings. The van der Waals surface area contributed by atoms with Crippen LogP contribution in [0.1, 0.15) is 114 Å². The predicted molar refractivity (Wildman–Crippen MR) is 162 cm³/mol. The minimum Gasteiger partial charge on any atom is -0.465 e. The fraction of sp³-hybridized carbons (Fsp3) is 0.861. The lowest BCUT2D eigenvalue weighted by Gasteiger charge is -2.73. The number of esters is 3. The van der Waals surface area contributed by atoms with E-state index in [0.717, 1.165) is 51.4 Å². The van der Waals surface area contributed by atoms with Gasteiger partial charge in [-0.05, 0) is 79.4 Å². The molecule has 0 amide bonds. The van der Waals surface area contributed by atoms with Crippen molar-refractivity contribution in [3.8, 4) is 0 Å². The molecule has 0 radical (unpaired) electrons. The third-order valence-corrected chi connectivity index (χ3v) is 14.5.